The van der Waals surface area contributed by atoms with Crippen molar-refractivity contribution in [2.75, 3.05) is 6.54 Å². The average Bonchev–Trinajstić information content (AvgIpc) is 2.54. The van der Waals surface area contributed by atoms with Gasteiger partial charge in [0.15, 0.2) is 0 Å². The molecule has 0 aromatic heterocycles. The van der Waals surface area contributed by atoms with E-state index in [-0.39, 0.29) is 0 Å². The van der Waals surface area contributed by atoms with Crippen molar-refractivity contribution in [1.82, 2.24) is 0 Å². The summed E-state index contributed by atoms with van der Waals surface area (Å²) in [5, 5.41) is 0. The first-order chi connectivity index (χ1) is 10.7. The molecule has 0 rings (SSSR count). The van der Waals surface area contributed by atoms with Crippen LogP contribution in [-0.4, -0.2) is 6.54 Å². The topological polar surface area (TPSA) is 26.0 Å². The SMILES string of the molecule is CCCCCCCCCCCCCCC(CC)CC(C)CN. The van der Waals surface area contributed by atoms with E-state index >= 15 is 0 Å². The molecular weight excluding hydrogens is 266 g/mol. The van der Waals surface area contributed by atoms with Gasteiger partial charge in [-0.25, -0.2) is 0 Å². The van der Waals surface area contributed by atoms with Gasteiger partial charge >= 0.3 is 0 Å². The molecule has 1 heteroatoms. The van der Waals surface area contributed by atoms with Crippen LogP contribution in [0.3, 0.4) is 0 Å². The molecule has 0 aliphatic heterocycles. The molecule has 2 atom stereocenters. The van der Waals surface area contributed by atoms with E-state index in [2.05, 4.69) is 20.8 Å². The molecule has 2 N–H and O–H groups in total. The Hall–Kier alpha value is -0.0400. The van der Waals surface area contributed by atoms with Gasteiger partial charge in [0.05, 0.1) is 0 Å². The van der Waals surface area contributed by atoms with Crippen molar-refractivity contribution in [3.8, 4) is 0 Å². The van der Waals surface area contributed by atoms with Crippen molar-refractivity contribution in [3.63, 3.8) is 0 Å². The van der Waals surface area contributed by atoms with Crippen LogP contribution < -0.4 is 5.73 Å². The first-order valence-electron chi connectivity index (χ1n) is 10.4. The minimum atomic E-state index is 0.710. The highest BCUT2D eigenvalue weighted by atomic mass is 14.5. The first-order valence-corrected chi connectivity index (χ1v) is 10.4. The van der Waals surface area contributed by atoms with Crippen molar-refractivity contribution in [3.05, 3.63) is 0 Å². The number of unbranched alkanes of at least 4 members (excludes halogenated alkanes) is 11. The summed E-state index contributed by atoms with van der Waals surface area (Å²) in [6, 6.07) is 0. The molecule has 0 bridgehead atoms. The van der Waals surface area contributed by atoms with Gasteiger partial charge in [0.1, 0.15) is 0 Å². The third-order valence-corrected chi connectivity index (χ3v) is 5.18. The van der Waals surface area contributed by atoms with Crippen LogP contribution in [0, 0.1) is 11.8 Å². The molecule has 0 saturated carbocycles. The maximum absolute atomic E-state index is 5.74. The molecule has 0 aromatic rings. The van der Waals surface area contributed by atoms with Gasteiger partial charge in [0.2, 0.25) is 0 Å². The zero-order valence-corrected chi connectivity index (χ0v) is 16.0. The summed E-state index contributed by atoms with van der Waals surface area (Å²) in [6.07, 6.45) is 21.5. The summed E-state index contributed by atoms with van der Waals surface area (Å²) in [6.45, 7) is 7.79. The van der Waals surface area contributed by atoms with Crippen LogP contribution in [0.15, 0.2) is 0 Å². The average molecular weight is 312 g/mol. The third kappa shape index (κ3) is 14.9. The monoisotopic (exact) mass is 311 g/mol. The molecule has 1 nitrogen and oxygen atoms in total. The Morgan fingerprint density at radius 2 is 1.14 bits per heavy atom. The minimum Gasteiger partial charge on any atom is -0.330 e. The smallest absolute Gasteiger partial charge is 0.00514 e. The van der Waals surface area contributed by atoms with Gasteiger partial charge in [-0.15, -0.1) is 0 Å². The van der Waals surface area contributed by atoms with E-state index in [1.54, 1.807) is 0 Å². The van der Waals surface area contributed by atoms with Crippen LogP contribution in [0.5, 0.6) is 0 Å². The molecule has 0 saturated heterocycles. The summed E-state index contributed by atoms with van der Waals surface area (Å²) in [4.78, 5) is 0. The number of nitrogens with two attached hydrogens (primary N) is 1. The minimum absolute atomic E-state index is 0.710. The number of hydrogen-bond acceptors (Lipinski definition) is 1. The standard InChI is InChI=1S/C21H45N/c1-4-6-7-8-9-10-11-12-13-14-15-16-17-21(5-2)18-20(3)19-22/h20-21H,4-19,22H2,1-3H3. The van der Waals surface area contributed by atoms with Gasteiger partial charge in [-0.05, 0) is 24.8 Å². The second kappa shape index (κ2) is 17.3. The quantitative estimate of drug-likeness (QED) is 0.285. The van der Waals surface area contributed by atoms with E-state index < -0.39 is 0 Å². The highest BCUT2D eigenvalue weighted by Gasteiger charge is 2.10. The van der Waals surface area contributed by atoms with Crippen LogP contribution in [0.2, 0.25) is 0 Å². The number of rotatable bonds is 17. The summed E-state index contributed by atoms with van der Waals surface area (Å²) < 4.78 is 0. The van der Waals surface area contributed by atoms with Gasteiger partial charge < -0.3 is 5.73 Å². The van der Waals surface area contributed by atoms with Gasteiger partial charge in [0, 0.05) is 0 Å². The lowest BCUT2D eigenvalue weighted by molar-refractivity contribution is 0.352. The van der Waals surface area contributed by atoms with Crippen LogP contribution in [0.1, 0.15) is 117 Å². The normalized spacial score (nSPS) is 14.2. The Morgan fingerprint density at radius 3 is 1.55 bits per heavy atom. The molecule has 0 spiro atoms. The molecule has 0 radical (unpaired) electrons. The maximum atomic E-state index is 5.74. The van der Waals surface area contributed by atoms with Gasteiger partial charge in [-0.3, -0.25) is 0 Å². The molecular formula is C21H45N. The summed E-state index contributed by atoms with van der Waals surface area (Å²) in [7, 11) is 0. The van der Waals surface area contributed by atoms with Gasteiger partial charge in [-0.2, -0.15) is 0 Å². The largest absolute Gasteiger partial charge is 0.330 e. The Bertz CT molecular complexity index is 202. The van der Waals surface area contributed by atoms with E-state index in [0.717, 1.165) is 12.5 Å². The van der Waals surface area contributed by atoms with E-state index in [0.29, 0.717) is 5.92 Å². The lowest BCUT2D eigenvalue weighted by Gasteiger charge is -2.18. The Kier molecular flexibility index (Phi) is 17.3. The lowest BCUT2D eigenvalue weighted by atomic mass is 9.89. The zero-order chi connectivity index (χ0) is 16.5. The molecule has 0 aliphatic rings. The Morgan fingerprint density at radius 1 is 0.682 bits per heavy atom. The fourth-order valence-corrected chi connectivity index (χ4v) is 3.43. The van der Waals surface area contributed by atoms with Crippen LogP contribution in [0.4, 0.5) is 0 Å². The third-order valence-electron chi connectivity index (χ3n) is 5.18. The second-order valence-electron chi connectivity index (χ2n) is 7.53. The molecule has 22 heavy (non-hydrogen) atoms. The van der Waals surface area contributed by atoms with Crippen LogP contribution >= 0.6 is 0 Å². The summed E-state index contributed by atoms with van der Waals surface area (Å²) in [5.74, 6) is 1.63. The highest BCUT2D eigenvalue weighted by Crippen LogP contribution is 2.22. The van der Waals surface area contributed by atoms with Crippen LogP contribution in [-0.2, 0) is 0 Å². The highest BCUT2D eigenvalue weighted by molar-refractivity contribution is 4.63. The predicted molar refractivity (Wildman–Crippen MR) is 102 cm³/mol. The van der Waals surface area contributed by atoms with E-state index in [1.165, 1.54) is 96.3 Å². The Labute approximate surface area is 141 Å². The van der Waals surface area contributed by atoms with Crippen LogP contribution in [0.25, 0.3) is 0 Å². The second-order valence-corrected chi connectivity index (χ2v) is 7.53. The Balaban J connectivity index is 3.25. The molecule has 0 fully saturated rings. The molecule has 0 aromatic carbocycles. The van der Waals surface area contributed by atoms with Crippen molar-refractivity contribution in [1.29, 1.82) is 0 Å². The van der Waals surface area contributed by atoms with Crippen molar-refractivity contribution in [2.45, 2.75) is 117 Å². The lowest BCUT2D eigenvalue weighted by Crippen LogP contribution is -2.15. The fourth-order valence-electron chi connectivity index (χ4n) is 3.43. The summed E-state index contributed by atoms with van der Waals surface area (Å²) in [5.41, 5.74) is 5.74. The number of hydrogen-bond donors (Lipinski definition) is 1. The van der Waals surface area contributed by atoms with E-state index in [9.17, 15) is 0 Å². The maximum Gasteiger partial charge on any atom is -0.00514 e. The molecule has 0 amide bonds. The molecule has 134 valence electrons. The predicted octanol–water partition coefficient (Wildman–Crippen LogP) is 7.09. The van der Waals surface area contributed by atoms with Gasteiger partial charge in [-0.1, -0.05) is 111 Å². The molecule has 0 aliphatic carbocycles. The van der Waals surface area contributed by atoms with E-state index in [1.807, 2.05) is 0 Å². The van der Waals surface area contributed by atoms with Crippen molar-refractivity contribution in [2.24, 2.45) is 17.6 Å². The first kappa shape index (κ1) is 22.0. The molecule has 0 heterocycles. The van der Waals surface area contributed by atoms with Gasteiger partial charge in [0.25, 0.3) is 0 Å². The fraction of sp³-hybridized carbons (Fsp3) is 1.00. The van der Waals surface area contributed by atoms with Crippen molar-refractivity contribution < 1.29 is 0 Å². The van der Waals surface area contributed by atoms with Crippen molar-refractivity contribution >= 4 is 0 Å². The molecule has 2 unspecified atom stereocenters. The van der Waals surface area contributed by atoms with E-state index in [4.69, 9.17) is 5.73 Å². The zero-order valence-electron chi connectivity index (χ0n) is 16.0. The summed E-state index contributed by atoms with van der Waals surface area (Å²) >= 11 is 0.